The summed E-state index contributed by atoms with van der Waals surface area (Å²) >= 11 is 0. The number of rotatable bonds is 12. The van der Waals surface area contributed by atoms with Crippen LogP contribution in [0.2, 0.25) is 0 Å². The van der Waals surface area contributed by atoms with Crippen molar-refractivity contribution < 1.29 is 28.2 Å². The topological polar surface area (TPSA) is 102 Å². The zero-order valence-corrected chi connectivity index (χ0v) is 25.5. The molecule has 3 aromatic rings. The third kappa shape index (κ3) is 7.89. The summed E-state index contributed by atoms with van der Waals surface area (Å²) < 4.78 is 29.5. The molecule has 11 heteroatoms. The van der Waals surface area contributed by atoms with E-state index in [2.05, 4.69) is 31.9 Å². The lowest BCUT2D eigenvalue weighted by atomic mass is 10.1. The minimum Gasteiger partial charge on any atom is -0.491 e. The number of piperazine rings is 1. The third-order valence-corrected chi connectivity index (χ3v) is 8.44. The van der Waals surface area contributed by atoms with Crippen LogP contribution in [0.25, 0.3) is 11.3 Å². The van der Waals surface area contributed by atoms with E-state index in [1.54, 1.807) is 12.3 Å². The summed E-state index contributed by atoms with van der Waals surface area (Å²) in [4.78, 5) is 24.7. The van der Waals surface area contributed by atoms with Gasteiger partial charge in [-0.1, -0.05) is 13.0 Å². The van der Waals surface area contributed by atoms with Crippen molar-refractivity contribution in [1.29, 1.82) is 0 Å². The number of furan rings is 1. The number of carbonyl (C=O) groups excluding carboxylic acids is 1. The van der Waals surface area contributed by atoms with Gasteiger partial charge >= 0.3 is 0 Å². The number of fused-ring (bicyclic) bond motifs is 1. The average molecular weight is 606 g/mol. The Kier molecular flexibility index (Phi) is 10.3. The number of carbonyl (C=O) groups is 1. The Hall–Kier alpha value is -3.64. The van der Waals surface area contributed by atoms with Gasteiger partial charge in [-0.05, 0) is 42.9 Å². The molecule has 1 aromatic carbocycles. The number of nitrogens with zero attached hydrogens (tertiary/aromatic N) is 4. The van der Waals surface area contributed by atoms with Crippen molar-refractivity contribution in [2.45, 2.75) is 19.4 Å². The normalized spacial score (nSPS) is 19.5. The van der Waals surface area contributed by atoms with E-state index in [1.807, 2.05) is 36.4 Å². The molecule has 2 saturated heterocycles. The molecule has 0 spiro atoms. The van der Waals surface area contributed by atoms with Crippen molar-refractivity contribution in [3.05, 3.63) is 60.2 Å². The predicted octanol–water partition coefficient (Wildman–Crippen LogP) is 2.80. The molecule has 1 N–H and O–H groups in total. The fourth-order valence-electron chi connectivity index (χ4n) is 5.70. The van der Waals surface area contributed by atoms with Gasteiger partial charge in [0.25, 0.3) is 5.91 Å². The van der Waals surface area contributed by atoms with Gasteiger partial charge < -0.3 is 38.5 Å². The zero-order chi connectivity index (χ0) is 30.1. The van der Waals surface area contributed by atoms with Crippen LogP contribution in [-0.4, -0.2) is 124 Å². The third-order valence-electron chi connectivity index (χ3n) is 8.44. The summed E-state index contributed by atoms with van der Waals surface area (Å²) in [6, 6.07) is 13.2. The van der Waals surface area contributed by atoms with Crippen molar-refractivity contribution in [3.63, 3.8) is 0 Å². The number of ether oxygens (including phenoxy) is 4. The first-order valence-corrected chi connectivity index (χ1v) is 15.8. The molecule has 6 rings (SSSR count). The molecule has 3 aliphatic heterocycles. The Morgan fingerprint density at radius 3 is 2.59 bits per heavy atom. The number of nitrogens with one attached hydrogen (secondary N) is 1. The van der Waals surface area contributed by atoms with E-state index in [0.29, 0.717) is 30.5 Å². The van der Waals surface area contributed by atoms with Crippen LogP contribution in [0.4, 0.5) is 0 Å². The number of para-hydroxylation sites is 1. The number of hydrogen-bond donors (Lipinski definition) is 1. The molecule has 2 aromatic heterocycles. The molecule has 0 saturated carbocycles. The van der Waals surface area contributed by atoms with Gasteiger partial charge in [0.2, 0.25) is 0 Å². The first-order chi connectivity index (χ1) is 21.6. The molecule has 1 unspecified atom stereocenters. The van der Waals surface area contributed by atoms with Gasteiger partial charge in [0.1, 0.15) is 30.8 Å². The molecule has 5 heterocycles. The second-order valence-electron chi connectivity index (χ2n) is 11.4. The molecule has 0 aliphatic carbocycles. The summed E-state index contributed by atoms with van der Waals surface area (Å²) in [7, 11) is 0. The Morgan fingerprint density at radius 1 is 0.977 bits per heavy atom. The molecule has 44 heavy (non-hydrogen) atoms. The Morgan fingerprint density at radius 2 is 1.80 bits per heavy atom. The largest absolute Gasteiger partial charge is 0.491 e. The van der Waals surface area contributed by atoms with Crippen LogP contribution in [0.3, 0.4) is 0 Å². The van der Waals surface area contributed by atoms with Gasteiger partial charge in [-0.15, -0.1) is 0 Å². The van der Waals surface area contributed by atoms with Gasteiger partial charge in [-0.2, -0.15) is 0 Å². The van der Waals surface area contributed by atoms with Crippen LogP contribution >= 0.6 is 0 Å². The summed E-state index contributed by atoms with van der Waals surface area (Å²) in [5, 5.41) is 2.94. The predicted molar refractivity (Wildman–Crippen MR) is 166 cm³/mol. The standard InChI is InChI=1S/C33H43N5O6/c1-2-36-12-14-37(15-13-36)11-10-25-7-9-31(43-25)33(39)35-23-27-24-42-30-5-3-4-28(32(30)44-27)29-8-6-26(22-34-29)41-21-18-38-16-19-40-20-17-38/h3-9,22,27H,2,10-21,23-24H2,1H3,(H,35,39). The Balaban J connectivity index is 0.981. The molecular formula is C33H43N5O6. The highest BCUT2D eigenvalue weighted by Crippen LogP contribution is 2.40. The zero-order valence-electron chi connectivity index (χ0n) is 25.5. The van der Waals surface area contributed by atoms with Gasteiger partial charge in [-0.25, -0.2) is 0 Å². The van der Waals surface area contributed by atoms with E-state index in [1.165, 1.54) is 0 Å². The summed E-state index contributed by atoms with van der Waals surface area (Å²) in [6.45, 7) is 14.1. The summed E-state index contributed by atoms with van der Waals surface area (Å²) in [5.41, 5.74) is 1.58. The maximum atomic E-state index is 12.9. The Labute approximate surface area is 259 Å². The van der Waals surface area contributed by atoms with Crippen LogP contribution in [0.5, 0.6) is 17.2 Å². The molecular weight excluding hydrogens is 562 g/mol. The molecule has 2 fully saturated rings. The van der Waals surface area contributed by atoms with Crippen molar-refractivity contribution in [2.24, 2.45) is 0 Å². The van der Waals surface area contributed by atoms with E-state index < -0.39 is 0 Å². The van der Waals surface area contributed by atoms with E-state index in [4.69, 9.17) is 23.4 Å². The van der Waals surface area contributed by atoms with E-state index in [-0.39, 0.29) is 18.6 Å². The van der Waals surface area contributed by atoms with Crippen molar-refractivity contribution in [2.75, 3.05) is 91.9 Å². The first kappa shape index (κ1) is 30.4. The molecule has 0 radical (unpaired) electrons. The fraction of sp³-hybridized carbons (Fsp3) is 0.515. The summed E-state index contributed by atoms with van der Waals surface area (Å²) in [5.74, 6) is 2.87. The fourth-order valence-corrected chi connectivity index (χ4v) is 5.70. The van der Waals surface area contributed by atoms with Crippen LogP contribution in [0.15, 0.2) is 53.1 Å². The van der Waals surface area contributed by atoms with Gasteiger partial charge in [0.05, 0.1) is 31.6 Å². The number of amides is 1. The number of pyridine rings is 1. The highest BCUT2D eigenvalue weighted by molar-refractivity contribution is 5.91. The Bertz CT molecular complexity index is 1350. The lowest BCUT2D eigenvalue weighted by Crippen LogP contribution is -2.46. The van der Waals surface area contributed by atoms with Gasteiger partial charge in [0, 0.05) is 64.3 Å². The maximum Gasteiger partial charge on any atom is 0.287 e. The highest BCUT2D eigenvalue weighted by Gasteiger charge is 2.26. The molecule has 236 valence electrons. The summed E-state index contributed by atoms with van der Waals surface area (Å²) in [6.07, 6.45) is 2.17. The van der Waals surface area contributed by atoms with Crippen LogP contribution in [-0.2, 0) is 11.2 Å². The maximum absolute atomic E-state index is 12.9. The minimum absolute atomic E-state index is 0.263. The van der Waals surface area contributed by atoms with Crippen molar-refractivity contribution >= 4 is 5.91 Å². The van der Waals surface area contributed by atoms with Crippen molar-refractivity contribution in [3.8, 4) is 28.5 Å². The number of likely N-dealkylation sites (N-methyl/N-ethyl adjacent to an activating group) is 1. The van der Waals surface area contributed by atoms with E-state index in [0.717, 1.165) is 101 Å². The van der Waals surface area contributed by atoms with Crippen LogP contribution in [0.1, 0.15) is 23.2 Å². The number of aromatic nitrogens is 1. The molecule has 11 nitrogen and oxygen atoms in total. The van der Waals surface area contributed by atoms with Crippen molar-refractivity contribution in [1.82, 2.24) is 25.0 Å². The molecule has 1 amide bonds. The second kappa shape index (κ2) is 14.9. The van der Waals surface area contributed by atoms with Gasteiger partial charge in [-0.3, -0.25) is 14.7 Å². The SMILES string of the molecule is CCN1CCN(CCc2ccc(C(=O)NCC3COc4cccc(-c5ccc(OCCN6CCOCC6)cn5)c4O3)o2)CC1. The van der Waals surface area contributed by atoms with Crippen LogP contribution < -0.4 is 19.5 Å². The molecule has 3 aliphatic rings. The number of hydrogen-bond acceptors (Lipinski definition) is 10. The number of benzene rings is 1. The lowest BCUT2D eigenvalue weighted by molar-refractivity contribution is 0.0322. The lowest BCUT2D eigenvalue weighted by Gasteiger charge is -2.33. The molecule has 0 bridgehead atoms. The van der Waals surface area contributed by atoms with Gasteiger partial charge in [0.15, 0.2) is 17.3 Å². The smallest absolute Gasteiger partial charge is 0.287 e. The monoisotopic (exact) mass is 605 g/mol. The van der Waals surface area contributed by atoms with E-state index in [9.17, 15) is 4.79 Å². The van der Waals surface area contributed by atoms with Crippen LogP contribution in [0, 0.1) is 0 Å². The molecule has 1 atom stereocenters. The first-order valence-electron chi connectivity index (χ1n) is 15.8. The minimum atomic E-state index is -0.355. The van der Waals surface area contributed by atoms with E-state index >= 15 is 0 Å². The quantitative estimate of drug-likeness (QED) is 0.332. The highest BCUT2D eigenvalue weighted by atomic mass is 16.6. The average Bonchev–Trinajstić information content (AvgIpc) is 3.56. The number of morpholine rings is 1. The second-order valence-corrected chi connectivity index (χ2v) is 11.4.